The Morgan fingerprint density at radius 1 is 1.08 bits per heavy atom. The fourth-order valence-corrected chi connectivity index (χ4v) is 3.60. The van der Waals surface area contributed by atoms with E-state index in [2.05, 4.69) is 24.3 Å². The fraction of sp³-hybridized carbons (Fsp3) is 0.421. The quantitative estimate of drug-likeness (QED) is 0.848. The van der Waals surface area contributed by atoms with Crippen LogP contribution in [0.15, 0.2) is 39.9 Å². The summed E-state index contributed by atoms with van der Waals surface area (Å²) in [6.45, 7) is 1.49. The molecule has 3 rings (SSSR count). The van der Waals surface area contributed by atoms with E-state index in [9.17, 15) is 14.9 Å². The summed E-state index contributed by atoms with van der Waals surface area (Å²) in [5, 5.41) is 9.41. The van der Waals surface area contributed by atoms with Crippen LogP contribution < -0.4 is 16.1 Å². The van der Waals surface area contributed by atoms with Gasteiger partial charge in [0.05, 0.1) is 0 Å². The lowest BCUT2D eigenvalue weighted by Gasteiger charge is -2.34. The molecule has 6 nitrogen and oxygen atoms in total. The second kappa shape index (κ2) is 6.98. The number of nitriles is 1. The molecule has 1 aliphatic rings. The Morgan fingerprint density at radius 3 is 2.32 bits per heavy atom. The Labute approximate surface area is 146 Å². The summed E-state index contributed by atoms with van der Waals surface area (Å²) in [4.78, 5) is 26.5. The molecule has 2 heterocycles. The molecular formula is C19H22N4O2. The lowest BCUT2D eigenvalue weighted by Crippen LogP contribution is -2.44. The third-order valence-electron chi connectivity index (χ3n) is 5.03. The predicted octanol–water partition coefficient (Wildman–Crippen LogP) is 1.41. The standard InChI is InChI=1S/C19H22N4O2/c1-21-17(16(13-20)18(24)22(2)19(21)25)23-10-8-15(9-11-23)12-14-6-4-3-5-7-14/h3-7,15H,8-12H2,1-2H3. The van der Waals surface area contributed by atoms with E-state index in [4.69, 9.17) is 0 Å². The van der Waals surface area contributed by atoms with Gasteiger partial charge in [-0.3, -0.25) is 13.9 Å². The van der Waals surface area contributed by atoms with Crippen LogP contribution in [0.3, 0.4) is 0 Å². The van der Waals surface area contributed by atoms with E-state index in [0.29, 0.717) is 11.7 Å². The topological polar surface area (TPSA) is 71.0 Å². The van der Waals surface area contributed by atoms with Crippen molar-refractivity contribution >= 4 is 5.82 Å². The molecule has 1 saturated heterocycles. The highest BCUT2D eigenvalue weighted by Gasteiger charge is 2.25. The molecule has 0 amide bonds. The Kier molecular flexibility index (Phi) is 4.75. The number of rotatable bonds is 3. The zero-order valence-electron chi connectivity index (χ0n) is 14.6. The van der Waals surface area contributed by atoms with Crippen LogP contribution in [-0.2, 0) is 20.5 Å². The molecule has 0 unspecified atom stereocenters. The zero-order valence-corrected chi connectivity index (χ0v) is 14.6. The molecule has 6 heteroatoms. The van der Waals surface area contributed by atoms with Crippen LogP contribution in [0.4, 0.5) is 5.82 Å². The molecule has 130 valence electrons. The second-order valence-electron chi connectivity index (χ2n) is 6.64. The molecule has 25 heavy (non-hydrogen) atoms. The first-order valence-electron chi connectivity index (χ1n) is 8.52. The average Bonchev–Trinajstić information content (AvgIpc) is 2.64. The zero-order chi connectivity index (χ0) is 18.0. The van der Waals surface area contributed by atoms with Gasteiger partial charge in [-0.1, -0.05) is 30.3 Å². The number of nitrogens with zero attached hydrogens (tertiary/aromatic N) is 4. The van der Waals surface area contributed by atoms with Gasteiger partial charge in [-0.2, -0.15) is 5.26 Å². The van der Waals surface area contributed by atoms with E-state index in [-0.39, 0.29) is 5.56 Å². The van der Waals surface area contributed by atoms with Gasteiger partial charge in [-0.15, -0.1) is 0 Å². The Balaban J connectivity index is 1.81. The summed E-state index contributed by atoms with van der Waals surface area (Å²) in [7, 11) is 3.02. The first-order chi connectivity index (χ1) is 12.0. The van der Waals surface area contributed by atoms with Gasteiger partial charge in [0.15, 0.2) is 5.56 Å². The molecule has 0 spiro atoms. The van der Waals surface area contributed by atoms with Gasteiger partial charge in [-0.05, 0) is 30.7 Å². The van der Waals surface area contributed by atoms with Crippen molar-refractivity contribution in [1.29, 1.82) is 5.26 Å². The maximum absolute atomic E-state index is 12.2. The number of hydrogen-bond acceptors (Lipinski definition) is 4. The Morgan fingerprint density at radius 2 is 1.72 bits per heavy atom. The van der Waals surface area contributed by atoms with Gasteiger partial charge < -0.3 is 4.90 Å². The monoisotopic (exact) mass is 338 g/mol. The molecule has 2 aromatic rings. The van der Waals surface area contributed by atoms with Crippen molar-refractivity contribution in [3.05, 3.63) is 62.3 Å². The van der Waals surface area contributed by atoms with Gasteiger partial charge >= 0.3 is 5.69 Å². The summed E-state index contributed by atoms with van der Waals surface area (Å²) in [6.07, 6.45) is 2.99. The summed E-state index contributed by atoms with van der Waals surface area (Å²) in [6, 6.07) is 12.4. The minimum atomic E-state index is -0.521. The highest BCUT2D eigenvalue weighted by molar-refractivity contribution is 5.53. The Bertz CT molecular complexity index is 913. The summed E-state index contributed by atoms with van der Waals surface area (Å²) < 4.78 is 2.40. The van der Waals surface area contributed by atoms with Crippen LogP contribution in [0.5, 0.6) is 0 Å². The van der Waals surface area contributed by atoms with Crippen molar-refractivity contribution in [3.8, 4) is 6.07 Å². The normalized spacial score (nSPS) is 15.2. The number of benzene rings is 1. The van der Waals surface area contributed by atoms with Gasteiger partial charge in [0.25, 0.3) is 5.56 Å². The lowest BCUT2D eigenvalue weighted by molar-refractivity contribution is 0.399. The first kappa shape index (κ1) is 17.0. The molecule has 0 saturated carbocycles. The van der Waals surface area contributed by atoms with Crippen molar-refractivity contribution < 1.29 is 0 Å². The molecule has 0 aliphatic carbocycles. The molecule has 1 aromatic carbocycles. The Hall–Kier alpha value is -2.81. The largest absolute Gasteiger partial charge is 0.357 e. The van der Waals surface area contributed by atoms with Gasteiger partial charge in [0.2, 0.25) is 0 Å². The highest BCUT2D eigenvalue weighted by Crippen LogP contribution is 2.26. The number of aromatic nitrogens is 2. The highest BCUT2D eigenvalue weighted by atomic mass is 16.2. The number of hydrogen-bond donors (Lipinski definition) is 0. The van der Waals surface area contributed by atoms with Crippen LogP contribution in [0.2, 0.25) is 0 Å². The molecular weight excluding hydrogens is 316 g/mol. The summed E-state index contributed by atoms with van der Waals surface area (Å²) >= 11 is 0. The van der Waals surface area contributed by atoms with Crippen molar-refractivity contribution in [2.24, 2.45) is 20.0 Å². The third-order valence-corrected chi connectivity index (χ3v) is 5.03. The molecule has 1 fully saturated rings. The van der Waals surface area contributed by atoms with Crippen molar-refractivity contribution in [2.75, 3.05) is 18.0 Å². The molecule has 0 N–H and O–H groups in total. The predicted molar refractivity (Wildman–Crippen MR) is 96.7 cm³/mol. The third kappa shape index (κ3) is 3.22. The molecule has 0 atom stereocenters. The van der Waals surface area contributed by atoms with Crippen LogP contribution in [0.1, 0.15) is 24.0 Å². The van der Waals surface area contributed by atoms with E-state index >= 15 is 0 Å². The smallest absolute Gasteiger partial charge is 0.332 e. The van der Waals surface area contributed by atoms with Crippen molar-refractivity contribution in [2.45, 2.75) is 19.3 Å². The number of piperidine rings is 1. The van der Waals surface area contributed by atoms with E-state index in [1.165, 1.54) is 17.2 Å². The van der Waals surface area contributed by atoms with E-state index < -0.39 is 11.2 Å². The van der Waals surface area contributed by atoms with Gasteiger partial charge in [-0.25, -0.2) is 4.79 Å². The average molecular weight is 338 g/mol. The van der Waals surface area contributed by atoms with Crippen molar-refractivity contribution in [3.63, 3.8) is 0 Å². The van der Waals surface area contributed by atoms with Gasteiger partial charge in [0, 0.05) is 27.2 Å². The SMILES string of the molecule is Cn1c(N2CCC(Cc3ccccc3)CC2)c(C#N)c(=O)n(C)c1=O. The second-order valence-corrected chi connectivity index (χ2v) is 6.64. The van der Waals surface area contributed by atoms with Gasteiger partial charge in [0.1, 0.15) is 11.9 Å². The van der Waals surface area contributed by atoms with Crippen LogP contribution >= 0.6 is 0 Å². The molecule has 1 aliphatic heterocycles. The number of anilines is 1. The van der Waals surface area contributed by atoms with Crippen molar-refractivity contribution in [1.82, 2.24) is 9.13 Å². The fourth-order valence-electron chi connectivity index (χ4n) is 3.60. The van der Waals surface area contributed by atoms with E-state index in [0.717, 1.165) is 36.9 Å². The summed E-state index contributed by atoms with van der Waals surface area (Å²) in [5.74, 6) is 1.03. The minimum Gasteiger partial charge on any atom is -0.357 e. The summed E-state index contributed by atoms with van der Waals surface area (Å²) in [5.41, 5.74) is 0.461. The maximum Gasteiger partial charge on any atom is 0.332 e. The first-order valence-corrected chi connectivity index (χ1v) is 8.52. The molecule has 0 radical (unpaired) electrons. The molecule has 0 bridgehead atoms. The molecule has 1 aromatic heterocycles. The van der Waals surface area contributed by atoms with Crippen LogP contribution in [-0.4, -0.2) is 22.2 Å². The van der Waals surface area contributed by atoms with E-state index in [1.54, 1.807) is 7.05 Å². The van der Waals surface area contributed by atoms with Crippen LogP contribution in [0, 0.1) is 17.2 Å². The lowest BCUT2D eigenvalue weighted by atomic mass is 9.90. The minimum absolute atomic E-state index is 0.0473. The maximum atomic E-state index is 12.2. The van der Waals surface area contributed by atoms with Crippen LogP contribution in [0.25, 0.3) is 0 Å². The van der Waals surface area contributed by atoms with E-state index in [1.807, 2.05) is 17.0 Å².